The lowest BCUT2D eigenvalue weighted by atomic mass is 10.1. The molecule has 5 nitrogen and oxygen atoms in total. The maximum Gasteiger partial charge on any atom is 0.306 e. The van der Waals surface area contributed by atoms with Crippen molar-refractivity contribution in [1.29, 1.82) is 0 Å². The molecule has 0 saturated carbocycles. The number of rotatable bonds is 5. The van der Waals surface area contributed by atoms with Gasteiger partial charge >= 0.3 is 5.97 Å². The lowest BCUT2D eigenvalue weighted by molar-refractivity contribution is -0.141. The van der Waals surface area contributed by atoms with E-state index >= 15 is 0 Å². The van der Waals surface area contributed by atoms with Gasteiger partial charge in [-0.05, 0) is 26.3 Å². The van der Waals surface area contributed by atoms with E-state index in [9.17, 15) is 9.59 Å². The molecule has 0 radical (unpaired) electrons. The zero-order valence-corrected chi connectivity index (χ0v) is 10.2. The van der Waals surface area contributed by atoms with Gasteiger partial charge in [0.05, 0.1) is 11.5 Å². The largest absolute Gasteiger partial charge is 0.481 e. The van der Waals surface area contributed by atoms with Crippen LogP contribution in [0.4, 0.5) is 0 Å². The second kappa shape index (κ2) is 5.52. The van der Waals surface area contributed by atoms with E-state index in [1.807, 2.05) is 0 Å². The van der Waals surface area contributed by atoms with Crippen molar-refractivity contribution in [3.8, 4) is 0 Å². The third-order valence-corrected chi connectivity index (χ3v) is 2.57. The molecule has 0 bridgehead atoms. The van der Waals surface area contributed by atoms with E-state index < -0.39 is 11.9 Å². The molecule has 5 heteroatoms. The van der Waals surface area contributed by atoms with Gasteiger partial charge in [-0.25, -0.2) is 0 Å². The number of carbonyl (C=O) groups is 2. The third-order valence-electron chi connectivity index (χ3n) is 2.57. The molecule has 0 spiro atoms. The van der Waals surface area contributed by atoms with Crippen molar-refractivity contribution in [2.75, 3.05) is 6.54 Å². The van der Waals surface area contributed by atoms with Crippen LogP contribution in [-0.4, -0.2) is 23.5 Å². The summed E-state index contributed by atoms with van der Waals surface area (Å²) in [7, 11) is 0. The van der Waals surface area contributed by atoms with Gasteiger partial charge in [0.2, 0.25) is 0 Å². The van der Waals surface area contributed by atoms with Crippen molar-refractivity contribution in [1.82, 2.24) is 5.32 Å². The van der Waals surface area contributed by atoms with Gasteiger partial charge in [0.25, 0.3) is 5.91 Å². The van der Waals surface area contributed by atoms with Crippen LogP contribution in [0.1, 0.15) is 35.2 Å². The maximum absolute atomic E-state index is 11.7. The smallest absolute Gasteiger partial charge is 0.306 e. The minimum atomic E-state index is -0.852. The summed E-state index contributed by atoms with van der Waals surface area (Å²) in [6.07, 6.45) is 0.414. The molecule has 1 unspecified atom stereocenters. The zero-order chi connectivity index (χ0) is 13.0. The van der Waals surface area contributed by atoms with Crippen molar-refractivity contribution in [2.45, 2.75) is 27.2 Å². The van der Waals surface area contributed by atoms with Gasteiger partial charge in [0, 0.05) is 6.54 Å². The van der Waals surface area contributed by atoms with Crippen molar-refractivity contribution >= 4 is 11.9 Å². The van der Waals surface area contributed by atoms with E-state index in [1.54, 1.807) is 26.8 Å². The highest BCUT2D eigenvalue weighted by Crippen LogP contribution is 2.13. The quantitative estimate of drug-likeness (QED) is 0.820. The molecule has 1 aromatic rings. The van der Waals surface area contributed by atoms with Gasteiger partial charge in [-0.15, -0.1) is 0 Å². The summed E-state index contributed by atoms with van der Waals surface area (Å²) in [5.74, 6) is -0.271. The van der Waals surface area contributed by atoms with Crippen LogP contribution in [0.5, 0.6) is 0 Å². The summed E-state index contributed by atoms with van der Waals surface area (Å²) in [4.78, 5) is 22.3. The Morgan fingerprint density at radius 1 is 1.47 bits per heavy atom. The lowest BCUT2D eigenvalue weighted by Gasteiger charge is -2.07. The molecule has 0 aromatic carbocycles. The van der Waals surface area contributed by atoms with Gasteiger partial charge in [-0.3, -0.25) is 9.59 Å². The Bertz CT molecular complexity index is 422. The van der Waals surface area contributed by atoms with Crippen LogP contribution in [-0.2, 0) is 4.79 Å². The molecule has 0 aliphatic heterocycles. The monoisotopic (exact) mass is 239 g/mol. The average molecular weight is 239 g/mol. The molecule has 1 rings (SSSR count). The van der Waals surface area contributed by atoms with E-state index in [-0.39, 0.29) is 5.91 Å². The second-order valence-corrected chi connectivity index (χ2v) is 4.11. The second-order valence-electron chi connectivity index (χ2n) is 4.11. The fourth-order valence-corrected chi connectivity index (χ4v) is 1.48. The molecule has 0 saturated heterocycles. The highest BCUT2D eigenvalue weighted by atomic mass is 16.4. The van der Waals surface area contributed by atoms with Crippen LogP contribution in [0.25, 0.3) is 0 Å². The van der Waals surface area contributed by atoms with Gasteiger partial charge in [-0.2, -0.15) is 0 Å². The molecule has 1 atom stereocenters. The van der Waals surface area contributed by atoms with E-state index in [1.165, 1.54) is 0 Å². The summed E-state index contributed by atoms with van der Waals surface area (Å²) < 4.78 is 5.25. The molecule has 2 N–H and O–H groups in total. The Labute approximate surface area is 99.8 Å². The number of carboxylic acid groups (broad SMARTS) is 1. The Morgan fingerprint density at radius 2 is 2.12 bits per heavy atom. The molecule has 0 aliphatic rings. The van der Waals surface area contributed by atoms with Crippen molar-refractivity contribution in [2.24, 2.45) is 5.92 Å². The van der Waals surface area contributed by atoms with Crippen molar-refractivity contribution in [3.63, 3.8) is 0 Å². The normalized spacial score (nSPS) is 12.2. The van der Waals surface area contributed by atoms with Gasteiger partial charge in [0.1, 0.15) is 11.5 Å². The summed E-state index contributed by atoms with van der Waals surface area (Å²) >= 11 is 0. The SMILES string of the molecule is Cc1cc(C(=O)NCCC(C)C(=O)O)c(C)o1. The maximum atomic E-state index is 11.7. The summed E-state index contributed by atoms with van der Waals surface area (Å²) in [5, 5.41) is 11.4. The molecule has 94 valence electrons. The minimum absolute atomic E-state index is 0.225. The van der Waals surface area contributed by atoms with Crippen LogP contribution in [0.2, 0.25) is 0 Å². The Kier molecular flexibility index (Phi) is 4.31. The summed E-state index contributed by atoms with van der Waals surface area (Å²) in [5.41, 5.74) is 0.505. The number of carboxylic acids is 1. The number of aryl methyl sites for hydroxylation is 2. The van der Waals surface area contributed by atoms with E-state index in [0.29, 0.717) is 30.0 Å². The number of hydrogen-bond acceptors (Lipinski definition) is 3. The van der Waals surface area contributed by atoms with Gasteiger partial charge < -0.3 is 14.8 Å². The number of hydrogen-bond donors (Lipinski definition) is 2. The molecular formula is C12H17NO4. The highest BCUT2D eigenvalue weighted by Gasteiger charge is 2.14. The molecule has 1 heterocycles. The van der Waals surface area contributed by atoms with Crippen LogP contribution in [0, 0.1) is 19.8 Å². The number of aliphatic carboxylic acids is 1. The lowest BCUT2D eigenvalue weighted by Crippen LogP contribution is -2.27. The Hall–Kier alpha value is -1.78. The first-order valence-electron chi connectivity index (χ1n) is 5.50. The van der Waals surface area contributed by atoms with Crippen molar-refractivity contribution < 1.29 is 19.1 Å². The molecule has 1 amide bonds. The van der Waals surface area contributed by atoms with Gasteiger partial charge in [-0.1, -0.05) is 6.92 Å². The topological polar surface area (TPSA) is 79.5 Å². The minimum Gasteiger partial charge on any atom is -0.481 e. The van der Waals surface area contributed by atoms with Crippen LogP contribution < -0.4 is 5.32 Å². The number of furan rings is 1. The average Bonchev–Trinajstić information content (AvgIpc) is 2.57. The molecular weight excluding hydrogens is 222 g/mol. The van der Waals surface area contributed by atoms with Crippen LogP contribution >= 0.6 is 0 Å². The van der Waals surface area contributed by atoms with E-state index in [4.69, 9.17) is 9.52 Å². The summed E-state index contributed by atoms with van der Waals surface area (Å²) in [6, 6.07) is 1.67. The Balaban J connectivity index is 2.45. The first-order valence-corrected chi connectivity index (χ1v) is 5.50. The Morgan fingerprint density at radius 3 is 2.59 bits per heavy atom. The number of nitrogens with one attached hydrogen (secondary N) is 1. The molecule has 1 aromatic heterocycles. The fourth-order valence-electron chi connectivity index (χ4n) is 1.48. The molecule has 0 fully saturated rings. The number of carbonyl (C=O) groups excluding carboxylic acids is 1. The van der Waals surface area contributed by atoms with E-state index in [0.717, 1.165) is 0 Å². The highest BCUT2D eigenvalue weighted by molar-refractivity contribution is 5.95. The van der Waals surface area contributed by atoms with Gasteiger partial charge in [0.15, 0.2) is 0 Å². The predicted molar refractivity (Wildman–Crippen MR) is 61.9 cm³/mol. The zero-order valence-electron chi connectivity index (χ0n) is 10.2. The third kappa shape index (κ3) is 3.62. The first kappa shape index (κ1) is 13.3. The van der Waals surface area contributed by atoms with Crippen LogP contribution in [0.15, 0.2) is 10.5 Å². The number of amides is 1. The van der Waals surface area contributed by atoms with Crippen molar-refractivity contribution in [3.05, 3.63) is 23.2 Å². The first-order chi connectivity index (χ1) is 7.91. The molecule has 0 aliphatic carbocycles. The molecule has 17 heavy (non-hydrogen) atoms. The van der Waals surface area contributed by atoms with Crippen LogP contribution in [0.3, 0.4) is 0 Å². The summed E-state index contributed by atoms with van der Waals surface area (Å²) in [6.45, 7) is 5.45. The fraction of sp³-hybridized carbons (Fsp3) is 0.500. The standard InChI is InChI=1S/C12H17NO4/c1-7(12(15)16)4-5-13-11(14)10-6-8(2)17-9(10)3/h6-7H,4-5H2,1-3H3,(H,13,14)(H,15,16). The van der Waals surface area contributed by atoms with E-state index in [2.05, 4.69) is 5.32 Å². The predicted octanol–water partition coefficient (Wildman–Crippen LogP) is 1.74.